The molecule has 2 aliphatic carbocycles. The lowest BCUT2D eigenvalue weighted by Gasteiger charge is -2.39. The zero-order valence-electron chi connectivity index (χ0n) is 33.5. The summed E-state index contributed by atoms with van der Waals surface area (Å²) >= 11 is 14.7. The molecular formula is C46H44Cl2FN7O3S. The second-order valence-corrected chi connectivity index (χ2v) is 18.8. The van der Waals surface area contributed by atoms with Crippen LogP contribution in [0.25, 0.3) is 44.2 Å². The van der Waals surface area contributed by atoms with Gasteiger partial charge in [-0.05, 0) is 105 Å². The number of nitriles is 1. The largest absolute Gasteiger partial charge is 0.384 e. The van der Waals surface area contributed by atoms with Crippen LogP contribution in [0.5, 0.6) is 0 Å². The van der Waals surface area contributed by atoms with Crippen molar-refractivity contribution in [1.29, 1.82) is 5.26 Å². The summed E-state index contributed by atoms with van der Waals surface area (Å²) in [6.07, 6.45) is 5.28. The molecule has 2 aromatic carbocycles. The molecular weight excluding hydrogens is 821 g/mol. The highest BCUT2D eigenvalue weighted by Gasteiger charge is 2.51. The van der Waals surface area contributed by atoms with Crippen molar-refractivity contribution in [2.24, 2.45) is 11.8 Å². The van der Waals surface area contributed by atoms with Crippen LogP contribution in [0, 0.1) is 35.9 Å². The van der Waals surface area contributed by atoms with E-state index in [0.29, 0.717) is 64.0 Å². The van der Waals surface area contributed by atoms with Crippen LogP contribution in [-0.4, -0.2) is 60.1 Å². The van der Waals surface area contributed by atoms with Crippen molar-refractivity contribution in [3.8, 4) is 28.5 Å². The second-order valence-electron chi connectivity index (χ2n) is 17.4. The summed E-state index contributed by atoms with van der Waals surface area (Å²) in [7, 11) is 0. The summed E-state index contributed by atoms with van der Waals surface area (Å²) < 4.78 is 31.4. The average Bonchev–Trinajstić information content (AvgIpc) is 3.65. The maximum Gasteiger partial charge on any atom is 0.226 e. The van der Waals surface area contributed by atoms with Gasteiger partial charge < -0.3 is 24.6 Å². The third kappa shape index (κ3) is 6.69. The van der Waals surface area contributed by atoms with E-state index in [9.17, 15) is 15.2 Å². The van der Waals surface area contributed by atoms with E-state index in [0.717, 1.165) is 53.7 Å². The van der Waals surface area contributed by atoms with Gasteiger partial charge in [0.2, 0.25) is 5.91 Å². The third-order valence-corrected chi connectivity index (χ3v) is 14.6. The number of fused-ring (bicyclic) bond motifs is 4. The summed E-state index contributed by atoms with van der Waals surface area (Å²) in [6.45, 7) is 7.09. The molecule has 5 aliphatic rings. The molecule has 14 heteroatoms. The van der Waals surface area contributed by atoms with Gasteiger partial charge in [0.25, 0.3) is 0 Å². The fourth-order valence-corrected chi connectivity index (χ4v) is 10.8. The third-order valence-electron chi connectivity index (χ3n) is 13.0. The number of pyridine rings is 2. The number of hydrogen-bond donors (Lipinski definition) is 2. The highest BCUT2D eigenvalue weighted by atomic mass is 35.5. The summed E-state index contributed by atoms with van der Waals surface area (Å²) in [5.74, 6) is -0.0804. The Morgan fingerprint density at radius 2 is 2.00 bits per heavy atom. The number of nitrogens with one attached hydrogen (secondary N) is 1. The molecule has 0 spiro atoms. The summed E-state index contributed by atoms with van der Waals surface area (Å²) in [5, 5.41) is 28.2. The van der Waals surface area contributed by atoms with Crippen LogP contribution in [-0.2, 0) is 28.2 Å². The van der Waals surface area contributed by atoms with Gasteiger partial charge in [0.05, 0.1) is 63.5 Å². The molecule has 3 saturated heterocycles. The van der Waals surface area contributed by atoms with Crippen molar-refractivity contribution in [3.05, 3.63) is 98.1 Å². The van der Waals surface area contributed by atoms with Crippen LogP contribution in [0.3, 0.4) is 0 Å². The Kier molecular flexibility index (Phi) is 10.0. The van der Waals surface area contributed by atoms with Gasteiger partial charge in [0.1, 0.15) is 11.1 Å². The van der Waals surface area contributed by atoms with Crippen LogP contribution < -0.4 is 5.32 Å². The van der Waals surface area contributed by atoms with Gasteiger partial charge >= 0.3 is 0 Å². The van der Waals surface area contributed by atoms with Crippen molar-refractivity contribution in [3.63, 3.8) is 0 Å². The first kappa shape index (κ1) is 39.6. The number of aromatic nitrogens is 4. The average molecular weight is 865 g/mol. The molecule has 0 radical (unpaired) electrons. The van der Waals surface area contributed by atoms with Gasteiger partial charge in [0.15, 0.2) is 5.82 Å². The molecule has 2 bridgehead atoms. The van der Waals surface area contributed by atoms with Crippen molar-refractivity contribution < 1.29 is 19.0 Å². The lowest BCUT2D eigenvalue weighted by Crippen LogP contribution is -2.41. The first-order chi connectivity index (χ1) is 28.9. The fourth-order valence-electron chi connectivity index (χ4n) is 9.72. The molecule has 1 amide bonds. The van der Waals surface area contributed by atoms with E-state index in [-0.39, 0.29) is 65.0 Å². The Morgan fingerprint density at radius 1 is 1.17 bits per heavy atom. The number of aliphatic hydroxyl groups is 1. The van der Waals surface area contributed by atoms with Gasteiger partial charge in [-0.15, -0.1) is 0 Å². The number of aryl methyl sites for hydroxylation is 2. The first-order valence-electron chi connectivity index (χ1n) is 20.7. The minimum absolute atomic E-state index is 0.00152. The molecule has 60 heavy (non-hydrogen) atoms. The van der Waals surface area contributed by atoms with E-state index in [1.54, 1.807) is 44.3 Å². The predicted octanol–water partition coefficient (Wildman–Crippen LogP) is 9.61. The van der Waals surface area contributed by atoms with Crippen molar-refractivity contribution in [2.45, 2.75) is 95.7 Å². The molecule has 7 heterocycles. The number of carbonyl (C=O) groups excluding carboxylic acids is 1. The van der Waals surface area contributed by atoms with Gasteiger partial charge in [-0.25, -0.2) is 9.37 Å². The van der Waals surface area contributed by atoms with E-state index < -0.39 is 11.4 Å². The highest BCUT2D eigenvalue weighted by Crippen LogP contribution is 2.52. The van der Waals surface area contributed by atoms with Crippen LogP contribution >= 0.6 is 34.7 Å². The Labute approximate surface area is 361 Å². The Hall–Kier alpha value is -4.48. The number of likely N-dealkylation sites (tertiary alicyclic amines) is 1. The molecule has 2 saturated carbocycles. The maximum absolute atomic E-state index is 17.9. The molecule has 5 fully saturated rings. The Bertz CT molecular complexity index is 2720. The number of hydrogen-bond acceptors (Lipinski definition) is 9. The lowest BCUT2D eigenvalue weighted by atomic mass is 9.79. The molecule has 308 valence electrons. The molecule has 0 unspecified atom stereocenters. The van der Waals surface area contributed by atoms with Gasteiger partial charge in [-0.3, -0.25) is 9.78 Å². The van der Waals surface area contributed by atoms with E-state index >= 15 is 4.39 Å². The van der Waals surface area contributed by atoms with E-state index in [1.165, 1.54) is 11.5 Å². The van der Waals surface area contributed by atoms with E-state index in [1.807, 2.05) is 29.3 Å². The standard InChI is InChI=1S/C46H44Cl2FN7O3S/c1-23-22-60-54-34(23)21-59-28-16-35(55(20-28)45(57)24-9-10-24)36-17-31-41(26-11-12-37(52-18-26)46(2,3)58)53-42-30(44(31)56(36)43-27-15-33(43)51-19-27)14-25(6-5-13-50)38(40(42)49)29-7-4-8-32(47)39(29)48/h4,7-8,11-12,14,17-18,22,24,27-28,33,35,43,51,58H,5-6,9-10,15-16,19-21H2,1-3H3/t27-,28+,33-,35-,43+/m1/s1. The lowest BCUT2D eigenvalue weighted by molar-refractivity contribution is -0.134. The fraction of sp³-hybridized carbons (Fsp3) is 0.413. The molecule has 5 atom stereocenters. The number of ether oxygens (including phenoxy) is 1. The topological polar surface area (TPSA) is 129 Å². The summed E-state index contributed by atoms with van der Waals surface area (Å²) in [4.78, 5) is 26.1. The minimum atomic E-state index is -1.18. The van der Waals surface area contributed by atoms with Crippen LogP contribution in [0.4, 0.5) is 4.39 Å². The zero-order chi connectivity index (χ0) is 41.6. The molecule has 4 aromatic heterocycles. The minimum Gasteiger partial charge on any atom is -0.384 e. The maximum atomic E-state index is 17.9. The SMILES string of the molecule is Cc1csnc1CO[C@H]1C[C@H](c2cc3c(-c4ccc(C(C)(C)O)nc4)nc4c(F)c(-c5cccc(Cl)c5Cl)c(CCC#N)cc4c3n2[C@H]2[C@H]3CN[C@@H]2C3)N(C(=O)C2CC2)C1. The summed E-state index contributed by atoms with van der Waals surface area (Å²) in [5.41, 5.74) is 5.75. The first-order valence-corrected chi connectivity index (χ1v) is 22.3. The summed E-state index contributed by atoms with van der Waals surface area (Å²) in [6, 6.07) is 15.1. The number of rotatable bonds is 11. The normalized spacial score (nSPS) is 22.5. The van der Waals surface area contributed by atoms with Crippen molar-refractivity contribution >= 4 is 62.4 Å². The van der Waals surface area contributed by atoms with Gasteiger partial charge in [-0.1, -0.05) is 35.3 Å². The smallest absolute Gasteiger partial charge is 0.226 e. The quantitative estimate of drug-likeness (QED) is 0.132. The van der Waals surface area contributed by atoms with Gasteiger partial charge in [-0.2, -0.15) is 9.64 Å². The zero-order valence-corrected chi connectivity index (χ0v) is 35.8. The molecule has 6 aromatic rings. The molecule has 11 rings (SSSR count). The van der Waals surface area contributed by atoms with E-state index in [4.69, 9.17) is 32.9 Å². The number of carbonyl (C=O) groups is 1. The van der Waals surface area contributed by atoms with Crippen molar-refractivity contribution in [1.82, 2.24) is 29.1 Å². The second kappa shape index (κ2) is 15.2. The number of amides is 1. The van der Waals surface area contributed by atoms with E-state index in [2.05, 4.69) is 31.4 Å². The van der Waals surface area contributed by atoms with Gasteiger partial charge in [0, 0.05) is 82.6 Å². The predicted molar refractivity (Wildman–Crippen MR) is 231 cm³/mol. The number of nitrogens with zero attached hydrogens (tertiary/aromatic N) is 6. The van der Waals surface area contributed by atoms with Crippen LogP contribution in [0.15, 0.2) is 54.0 Å². The number of halogens is 3. The molecule has 2 N–H and O–H groups in total. The monoisotopic (exact) mass is 863 g/mol. The Balaban J connectivity index is 1.24. The number of benzene rings is 2. The Morgan fingerprint density at radius 3 is 2.67 bits per heavy atom. The van der Waals surface area contributed by atoms with Crippen LogP contribution in [0.1, 0.15) is 86.2 Å². The molecule has 3 aliphatic heterocycles. The highest BCUT2D eigenvalue weighted by molar-refractivity contribution is 7.03. The molecule has 10 nitrogen and oxygen atoms in total. The van der Waals surface area contributed by atoms with Crippen molar-refractivity contribution in [2.75, 3.05) is 13.1 Å². The van der Waals surface area contributed by atoms with Crippen LogP contribution in [0.2, 0.25) is 10.0 Å².